The van der Waals surface area contributed by atoms with E-state index in [2.05, 4.69) is 23.1 Å². The number of aliphatic hydroxyl groups is 4. The quantitative estimate of drug-likeness (QED) is 0.0474. The van der Waals surface area contributed by atoms with Crippen molar-refractivity contribution in [2.24, 2.45) is 5.73 Å². The van der Waals surface area contributed by atoms with Crippen molar-refractivity contribution in [2.75, 3.05) is 6.61 Å². The van der Waals surface area contributed by atoms with Crippen LogP contribution in [0, 0.1) is 5.41 Å². The van der Waals surface area contributed by atoms with Gasteiger partial charge < -0.3 is 30.9 Å². The molecule has 3 unspecified atom stereocenters. The number of hydrogen-bond donors (Lipinski definition) is 7. The third kappa shape index (κ3) is 6.93. The van der Waals surface area contributed by atoms with Crippen LogP contribution in [-0.2, 0) is 28.7 Å². The number of ketones is 4. The van der Waals surface area contributed by atoms with Gasteiger partial charge in [0.2, 0.25) is 5.60 Å². The zero-order valence-electron chi connectivity index (χ0n) is 16.0. The number of Topliss-reactive ketones (excluding diaryl/α,β-unsaturated/α-hetero) is 4. The Morgan fingerprint density at radius 1 is 1.07 bits per heavy atom. The van der Waals surface area contributed by atoms with Crippen LogP contribution >= 0.6 is 12.6 Å². The van der Waals surface area contributed by atoms with E-state index in [0.717, 1.165) is 6.92 Å². The van der Waals surface area contributed by atoms with Gasteiger partial charge >= 0.3 is 5.97 Å². The standard InChI is InChI=1S/C14H20O10.CH4N2S.FH/c1-6(16)11(21)14(8(3)18,24-9(4)19)13(23,7(2)17)12(22)10(20)5-15;2-1(3)4;/h10,12,15,20,22-23H,5H2,1-4H3;(H4,2,3,4);1H/t10?,12?,13?,14-;;/m0../s1. The van der Waals surface area contributed by atoms with Crippen LogP contribution in [0.5, 0.6) is 0 Å². The smallest absolute Gasteiger partial charge is 0.304 e. The molecule has 0 aromatic heterocycles. The van der Waals surface area contributed by atoms with Crippen LogP contribution in [0.3, 0.4) is 0 Å². The molecule has 0 aliphatic rings. The Bertz CT molecular complexity index is 669. The lowest BCUT2D eigenvalue weighted by Gasteiger charge is -2.44. The number of carbonyl (C=O) groups is 5. The summed E-state index contributed by atoms with van der Waals surface area (Å²) in [6, 6.07) is 0. The second-order valence-corrected chi connectivity index (χ2v) is 6.10. The van der Waals surface area contributed by atoms with Crippen molar-refractivity contribution in [3.05, 3.63) is 0 Å². The van der Waals surface area contributed by atoms with Crippen LogP contribution < -0.4 is 5.73 Å². The maximum Gasteiger partial charge on any atom is 0.304 e. The molecule has 0 bridgehead atoms. The highest BCUT2D eigenvalue weighted by molar-refractivity contribution is 7.96. The van der Waals surface area contributed by atoms with Gasteiger partial charge in [0.25, 0.3) is 11.4 Å². The zero-order valence-corrected chi connectivity index (χ0v) is 16.9. The number of thiol groups is 1. The third-order valence-corrected chi connectivity index (χ3v) is 3.49. The number of hydrogen-bond acceptors (Lipinski definition) is 11. The molecule has 0 radical (unpaired) electrons. The van der Waals surface area contributed by atoms with Crippen molar-refractivity contribution >= 4 is 46.9 Å². The minimum absolute atomic E-state index is 0. The van der Waals surface area contributed by atoms with E-state index in [0.29, 0.717) is 20.8 Å². The van der Waals surface area contributed by atoms with Crippen LogP contribution in [-0.4, -0.2) is 84.7 Å². The average molecular weight is 444 g/mol. The zero-order chi connectivity index (χ0) is 23.0. The van der Waals surface area contributed by atoms with E-state index >= 15 is 0 Å². The fraction of sp³-hybridized carbons (Fsp3) is 0.600. The van der Waals surface area contributed by atoms with Crippen molar-refractivity contribution in [3.63, 3.8) is 0 Å². The van der Waals surface area contributed by atoms with Crippen molar-refractivity contribution < 1.29 is 53.8 Å². The number of aliphatic hydroxyl groups excluding tert-OH is 3. The molecular weight excluding hydrogens is 419 g/mol. The fourth-order valence-corrected chi connectivity index (χ4v) is 2.30. The molecular formula is C15H25FN2O10S. The summed E-state index contributed by atoms with van der Waals surface area (Å²) in [5.74, 6) is -7.32. The summed E-state index contributed by atoms with van der Waals surface area (Å²) in [6.07, 6.45) is -4.81. The average Bonchev–Trinajstić information content (AvgIpc) is 2.55. The molecule has 0 spiro atoms. The number of halogens is 1. The van der Waals surface area contributed by atoms with E-state index in [1.54, 1.807) is 0 Å². The van der Waals surface area contributed by atoms with Crippen LogP contribution in [0.4, 0.5) is 4.70 Å². The molecule has 0 saturated heterocycles. The molecule has 0 amide bonds. The second-order valence-electron chi connectivity index (χ2n) is 5.62. The lowest BCUT2D eigenvalue weighted by atomic mass is 9.69. The first-order chi connectivity index (χ1) is 12.5. The Labute approximate surface area is 170 Å². The van der Waals surface area contributed by atoms with E-state index in [9.17, 15) is 39.3 Å². The number of rotatable bonds is 9. The van der Waals surface area contributed by atoms with Gasteiger partial charge in [-0.15, -0.1) is 12.6 Å². The lowest BCUT2D eigenvalue weighted by molar-refractivity contribution is -0.226. The molecule has 0 aromatic carbocycles. The van der Waals surface area contributed by atoms with Crippen molar-refractivity contribution in [2.45, 2.75) is 51.1 Å². The van der Waals surface area contributed by atoms with Crippen LogP contribution in [0.1, 0.15) is 27.7 Å². The van der Waals surface area contributed by atoms with Crippen LogP contribution in [0.15, 0.2) is 0 Å². The van der Waals surface area contributed by atoms with E-state index < -0.39 is 59.1 Å². The summed E-state index contributed by atoms with van der Waals surface area (Å²) in [5, 5.41) is 45.2. The van der Waals surface area contributed by atoms with Crippen molar-refractivity contribution in [1.82, 2.24) is 0 Å². The van der Waals surface area contributed by atoms with Crippen LogP contribution in [0.25, 0.3) is 0 Å². The second kappa shape index (κ2) is 12.3. The number of nitrogens with two attached hydrogens (primary N) is 1. The Morgan fingerprint density at radius 3 is 1.66 bits per heavy atom. The minimum Gasteiger partial charge on any atom is -0.439 e. The molecule has 4 atom stereocenters. The first-order valence-electron chi connectivity index (χ1n) is 7.53. The Hall–Kier alpha value is -2.26. The van der Waals surface area contributed by atoms with Gasteiger partial charge in [0.15, 0.2) is 17.3 Å². The molecule has 14 heteroatoms. The molecule has 0 fully saturated rings. The molecule has 0 saturated carbocycles. The van der Waals surface area contributed by atoms with Gasteiger partial charge in [-0.05, 0) is 13.8 Å². The van der Waals surface area contributed by atoms with E-state index in [-0.39, 0.29) is 9.87 Å². The molecule has 0 aromatic rings. The Balaban J connectivity index is -0.00000123. The summed E-state index contributed by atoms with van der Waals surface area (Å²) in [5.41, 5.74) is -2.36. The number of esters is 1. The highest BCUT2D eigenvalue weighted by Crippen LogP contribution is 2.35. The van der Waals surface area contributed by atoms with Gasteiger partial charge in [-0.1, -0.05) is 0 Å². The number of carbonyl (C=O) groups excluding carboxylic acids is 5. The summed E-state index contributed by atoms with van der Waals surface area (Å²) in [7, 11) is 0. The normalized spacial score (nSPS) is 16.2. The predicted molar refractivity (Wildman–Crippen MR) is 99.0 cm³/mol. The monoisotopic (exact) mass is 444 g/mol. The number of amidine groups is 1. The summed E-state index contributed by atoms with van der Waals surface area (Å²) < 4.78 is 4.58. The van der Waals surface area contributed by atoms with Crippen molar-refractivity contribution in [1.29, 1.82) is 5.41 Å². The number of nitrogens with one attached hydrogen (secondary N) is 1. The first kappa shape index (κ1) is 31.4. The fourth-order valence-electron chi connectivity index (χ4n) is 2.30. The Kier molecular flexibility index (Phi) is 13.4. The number of ether oxygens (including phenoxy) is 1. The Morgan fingerprint density at radius 2 is 1.45 bits per heavy atom. The van der Waals surface area contributed by atoms with Gasteiger partial charge in [0.1, 0.15) is 17.4 Å². The van der Waals surface area contributed by atoms with E-state index in [4.69, 9.17) is 10.5 Å². The molecule has 168 valence electrons. The first-order valence-corrected chi connectivity index (χ1v) is 7.97. The maximum atomic E-state index is 12.3. The summed E-state index contributed by atoms with van der Waals surface area (Å²) >= 11 is 3.33. The largest absolute Gasteiger partial charge is 0.439 e. The van der Waals surface area contributed by atoms with E-state index in [1.165, 1.54) is 0 Å². The van der Waals surface area contributed by atoms with Gasteiger partial charge in [-0.2, -0.15) is 0 Å². The molecule has 0 rings (SSSR count). The molecule has 12 nitrogen and oxygen atoms in total. The van der Waals surface area contributed by atoms with Gasteiger partial charge in [-0.25, -0.2) is 0 Å². The lowest BCUT2D eigenvalue weighted by Crippen LogP contribution is -2.76. The van der Waals surface area contributed by atoms with Crippen molar-refractivity contribution in [3.8, 4) is 0 Å². The summed E-state index contributed by atoms with van der Waals surface area (Å²) in [6.45, 7) is 1.55. The molecule has 7 N–H and O–H groups in total. The maximum absolute atomic E-state index is 12.3. The van der Waals surface area contributed by atoms with E-state index in [1.807, 2.05) is 0 Å². The van der Waals surface area contributed by atoms with Gasteiger partial charge in [0.05, 0.1) is 6.61 Å². The summed E-state index contributed by atoms with van der Waals surface area (Å²) in [4.78, 5) is 59.2. The van der Waals surface area contributed by atoms with Crippen LogP contribution in [0.2, 0.25) is 0 Å². The molecule has 0 aliphatic heterocycles. The molecule has 0 aliphatic carbocycles. The molecule has 29 heavy (non-hydrogen) atoms. The van der Waals surface area contributed by atoms with Gasteiger partial charge in [0, 0.05) is 13.8 Å². The topological polar surface area (TPSA) is 225 Å². The third-order valence-electron chi connectivity index (χ3n) is 3.49. The highest BCUT2D eigenvalue weighted by atomic mass is 32.1. The minimum atomic E-state index is -3.50. The van der Waals surface area contributed by atoms with Gasteiger partial charge in [-0.3, -0.25) is 34.1 Å². The highest BCUT2D eigenvalue weighted by Gasteiger charge is 2.70. The predicted octanol–water partition coefficient (Wildman–Crippen LogP) is -2.97. The molecule has 0 heterocycles. The SMILES string of the molecule is CC(=O)O[C@@](C(C)=O)(C(=O)C(C)=O)C(O)(C(C)=O)C(O)C(O)CO.F.N=C(N)S.